The van der Waals surface area contributed by atoms with Crippen molar-refractivity contribution < 1.29 is 0 Å². The predicted molar refractivity (Wildman–Crippen MR) is 225 cm³/mol. The molecule has 3 heteroatoms. The van der Waals surface area contributed by atoms with E-state index in [1.54, 1.807) is 0 Å². The van der Waals surface area contributed by atoms with E-state index in [1.165, 1.54) is 32.5 Å². The van der Waals surface area contributed by atoms with Crippen LogP contribution in [0.25, 0.3) is 99.6 Å². The first-order valence-corrected chi connectivity index (χ1v) is 18.2. The molecule has 10 rings (SSSR count). The minimum absolute atomic E-state index is 0.691. The fourth-order valence-corrected chi connectivity index (χ4v) is 7.47. The molecule has 0 radical (unpaired) electrons. The van der Waals surface area contributed by atoms with Crippen molar-refractivity contribution in [1.82, 2.24) is 15.0 Å². The monoisotopic (exact) mass is 687 g/mol. The number of hydrogen-bond donors (Lipinski definition) is 0. The molecular weight excluding hydrogens is 655 g/mol. The average Bonchev–Trinajstić information content (AvgIpc) is 3.26. The SMILES string of the molecule is c1cc(-c2cccc(-c3cncc4ccccc34)c2)cc(-c2cc(-c3ccc4ccccc4c3)nc(-c3ccc(-c4ccc5ccccc5c4)cc3)n2)c1. The zero-order chi connectivity index (χ0) is 35.8. The Labute approximate surface area is 313 Å². The van der Waals surface area contributed by atoms with Crippen LogP contribution in [-0.4, -0.2) is 15.0 Å². The molecule has 0 unspecified atom stereocenters. The number of benzene rings is 8. The van der Waals surface area contributed by atoms with Crippen LogP contribution in [0, 0.1) is 0 Å². The summed E-state index contributed by atoms with van der Waals surface area (Å²) in [7, 11) is 0. The summed E-state index contributed by atoms with van der Waals surface area (Å²) in [5.41, 5.74) is 11.7. The van der Waals surface area contributed by atoms with Crippen LogP contribution in [0.2, 0.25) is 0 Å². The van der Waals surface area contributed by atoms with E-state index in [0.29, 0.717) is 5.82 Å². The topological polar surface area (TPSA) is 38.7 Å². The normalized spacial score (nSPS) is 11.3. The van der Waals surface area contributed by atoms with Gasteiger partial charge < -0.3 is 0 Å². The van der Waals surface area contributed by atoms with Gasteiger partial charge in [0.2, 0.25) is 0 Å². The van der Waals surface area contributed by atoms with Gasteiger partial charge in [-0.15, -0.1) is 0 Å². The zero-order valence-corrected chi connectivity index (χ0v) is 29.4. The number of hydrogen-bond acceptors (Lipinski definition) is 3. The van der Waals surface area contributed by atoms with Gasteiger partial charge in [0.05, 0.1) is 11.4 Å². The summed E-state index contributed by atoms with van der Waals surface area (Å²) in [4.78, 5) is 14.9. The summed E-state index contributed by atoms with van der Waals surface area (Å²) in [6, 6.07) is 66.6. The standard InChI is InChI=1S/C51H33N3/c1-3-11-38-27-42(25-21-34(38)9-1)36-19-23-37(24-20-36)51-53-49(31-50(54-51)45-26-22-35-10-2-4-12-39(35)29-45)44-17-8-15-41(30-44)40-14-7-16-43(28-40)48-33-52-32-46-13-5-6-18-47(46)48/h1-33H. The summed E-state index contributed by atoms with van der Waals surface area (Å²) >= 11 is 0. The Kier molecular flexibility index (Phi) is 7.81. The Morgan fingerprint density at radius 1 is 0.278 bits per heavy atom. The molecule has 0 amide bonds. The lowest BCUT2D eigenvalue weighted by atomic mass is 9.95. The van der Waals surface area contributed by atoms with Gasteiger partial charge in [0.15, 0.2) is 5.82 Å². The highest BCUT2D eigenvalue weighted by molar-refractivity contribution is 5.96. The van der Waals surface area contributed by atoms with Crippen LogP contribution in [0.5, 0.6) is 0 Å². The fraction of sp³-hybridized carbons (Fsp3) is 0. The van der Waals surface area contributed by atoms with E-state index < -0.39 is 0 Å². The Balaban J connectivity index is 1.06. The lowest BCUT2D eigenvalue weighted by molar-refractivity contribution is 1.18. The van der Waals surface area contributed by atoms with Gasteiger partial charge >= 0.3 is 0 Å². The smallest absolute Gasteiger partial charge is 0.160 e. The van der Waals surface area contributed by atoms with Gasteiger partial charge in [0.1, 0.15) is 0 Å². The van der Waals surface area contributed by atoms with Crippen molar-refractivity contribution in [1.29, 1.82) is 0 Å². The molecule has 0 aliphatic carbocycles. The number of aromatic nitrogens is 3. The van der Waals surface area contributed by atoms with E-state index in [-0.39, 0.29) is 0 Å². The molecule has 8 aromatic carbocycles. The third-order valence-electron chi connectivity index (χ3n) is 10.3. The van der Waals surface area contributed by atoms with E-state index in [4.69, 9.17) is 9.97 Å². The molecular formula is C51H33N3. The minimum Gasteiger partial charge on any atom is -0.263 e. The van der Waals surface area contributed by atoms with Crippen molar-refractivity contribution in [3.8, 4) is 67.3 Å². The average molecular weight is 688 g/mol. The van der Waals surface area contributed by atoms with E-state index in [9.17, 15) is 0 Å². The van der Waals surface area contributed by atoms with Gasteiger partial charge in [-0.25, -0.2) is 9.97 Å². The first-order valence-electron chi connectivity index (χ1n) is 18.2. The van der Waals surface area contributed by atoms with E-state index >= 15 is 0 Å². The maximum Gasteiger partial charge on any atom is 0.160 e. The van der Waals surface area contributed by atoms with Crippen LogP contribution in [0.15, 0.2) is 200 Å². The molecule has 54 heavy (non-hydrogen) atoms. The van der Waals surface area contributed by atoms with Crippen molar-refractivity contribution in [2.45, 2.75) is 0 Å². The zero-order valence-electron chi connectivity index (χ0n) is 29.4. The highest BCUT2D eigenvalue weighted by Gasteiger charge is 2.14. The summed E-state index contributed by atoms with van der Waals surface area (Å²) in [5, 5.41) is 7.18. The first kappa shape index (κ1) is 31.5. The van der Waals surface area contributed by atoms with Gasteiger partial charge in [0.25, 0.3) is 0 Å². The number of nitrogens with zero attached hydrogens (tertiary/aromatic N) is 3. The molecule has 2 heterocycles. The second kappa shape index (κ2) is 13.4. The van der Waals surface area contributed by atoms with Crippen LogP contribution < -0.4 is 0 Å². The molecule has 3 nitrogen and oxygen atoms in total. The van der Waals surface area contributed by atoms with E-state index in [1.807, 2.05) is 12.4 Å². The molecule has 0 N–H and O–H groups in total. The molecule has 0 saturated heterocycles. The van der Waals surface area contributed by atoms with Gasteiger partial charge in [-0.05, 0) is 85.1 Å². The Bertz CT molecular complexity index is 2990. The largest absolute Gasteiger partial charge is 0.263 e. The molecule has 0 aliphatic heterocycles. The van der Waals surface area contributed by atoms with E-state index in [0.717, 1.165) is 61.3 Å². The quantitative estimate of drug-likeness (QED) is 0.175. The highest BCUT2D eigenvalue weighted by atomic mass is 14.9. The lowest BCUT2D eigenvalue weighted by Crippen LogP contribution is -1.96. The van der Waals surface area contributed by atoms with Crippen LogP contribution in [-0.2, 0) is 0 Å². The van der Waals surface area contributed by atoms with Crippen LogP contribution in [0.4, 0.5) is 0 Å². The highest BCUT2D eigenvalue weighted by Crippen LogP contribution is 2.35. The first-order chi connectivity index (χ1) is 26.7. The van der Waals surface area contributed by atoms with Crippen LogP contribution >= 0.6 is 0 Å². The van der Waals surface area contributed by atoms with E-state index in [2.05, 4.69) is 193 Å². The molecule has 10 aromatic rings. The van der Waals surface area contributed by atoms with Gasteiger partial charge in [-0.3, -0.25) is 4.98 Å². The third-order valence-corrected chi connectivity index (χ3v) is 10.3. The summed E-state index contributed by atoms with van der Waals surface area (Å²) in [6.45, 7) is 0. The predicted octanol–water partition coefficient (Wildman–Crippen LogP) is 13.3. The van der Waals surface area contributed by atoms with Crippen LogP contribution in [0.3, 0.4) is 0 Å². The Hall–Kier alpha value is -7.23. The lowest BCUT2D eigenvalue weighted by Gasteiger charge is -2.12. The summed E-state index contributed by atoms with van der Waals surface area (Å²) in [6.07, 6.45) is 3.89. The molecule has 252 valence electrons. The van der Waals surface area contributed by atoms with Crippen molar-refractivity contribution >= 4 is 32.3 Å². The summed E-state index contributed by atoms with van der Waals surface area (Å²) < 4.78 is 0. The maximum atomic E-state index is 5.22. The van der Waals surface area contributed by atoms with Crippen molar-refractivity contribution in [2.24, 2.45) is 0 Å². The molecule has 0 spiro atoms. The van der Waals surface area contributed by atoms with Crippen molar-refractivity contribution in [3.63, 3.8) is 0 Å². The number of fused-ring (bicyclic) bond motifs is 3. The third kappa shape index (κ3) is 5.98. The second-order valence-corrected chi connectivity index (χ2v) is 13.7. The van der Waals surface area contributed by atoms with Gasteiger partial charge in [-0.1, -0.05) is 158 Å². The maximum absolute atomic E-state index is 5.22. The van der Waals surface area contributed by atoms with Crippen LogP contribution in [0.1, 0.15) is 0 Å². The van der Waals surface area contributed by atoms with Gasteiger partial charge in [-0.2, -0.15) is 0 Å². The fourth-order valence-electron chi connectivity index (χ4n) is 7.47. The van der Waals surface area contributed by atoms with Crippen molar-refractivity contribution in [2.75, 3.05) is 0 Å². The second-order valence-electron chi connectivity index (χ2n) is 13.7. The Morgan fingerprint density at radius 3 is 1.46 bits per heavy atom. The molecule has 0 atom stereocenters. The number of pyridine rings is 1. The Morgan fingerprint density at radius 2 is 0.759 bits per heavy atom. The molecule has 0 aliphatic rings. The van der Waals surface area contributed by atoms with Gasteiger partial charge in [0, 0.05) is 40.0 Å². The minimum atomic E-state index is 0.691. The molecule has 2 aromatic heterocycles. The molecule has 0 saturated carbocycles. The van der Waals surface area contributed by atoms with Crippen molar-refractivity contribution in [3.05, 3.63) is 200 Å². The molecule has 0 fully saturated rings. The summed E-state index contributed by atoms with van der Waals surface area (Å²) in [5.74, 6) is 0.691. The number of rotatable bonds is 6. The molecule has 0 bridgehead atoms.